The Kier molecular flexibility index (Phi) is 3.07. The van der Waals surface area contributed by atoms with Crippen molar-refractivity contribution in [2.75, 3.05) is 26.8 Å². The summed E-state index contributed by atoms with van der Waals surface area (Å²) in [7, 11) is 1.32. The number of methoxy groups -OCH3 is 1. The molecule has 0 aliphatic carbocycles. The number of rotatable bonds is 1. The van der Waals surface area contributed by atoms with Crippen LogP contribution in [0.4, 0.5) is 4.79 Å². The number of nitrogens with one attached hydrogen (secondary N) is 1. The zero-order chi connectivity index (χ0) is 9.84. The summed E-state index contributed by atoms with van der Waals surface area (Å²) in [5.74, 6) is -0.0615. The van der Waals surface area contributed by atoms with Crippen molar-refractivity contribution in [3.05, 3.63) is 0 Å². The Bertz CT molecular complexity index is 219. The molecule has 1 aliphatic heterocycles. The van der Waals surface area contributed by atoms with E-state index in [-0.39, 0.29) is 5.84 Å². The van der Waals surface area contributed by atoms with Crippen molar-refractivity contribution in [1.82, 2.24) is 4.90 Å². The maximum absolute atomic E-state index is 11.1. The predicted octanol–water partition coefficient (Wildman–Crippen LogP) is -0.610. The van der Waals surface area contributed by atoms with Gasteiger partial charge in [0, 0.05) is 6.54 Å². The molecular formula is C7H13N3O3. The highest BCUT2D eigenvalue weighted by atomic mass is 16.5. The standard InChI is InChI=1S/C7H13N3O3/c1-12-7(11)10-2-3-13-5(4-10)6(8)9/h5H,2-4H2,1H3,(H3,8,9). The van der Waals surface area contributed by atoms with E-state index in [0.717, 1.165) is 0 Å². The lowest BCUT2D eigenvalue weighted by atomic mass is 10.2. The average Bonchev–Trinajstić information content (AvgIpc) is 2.17. The first-order chi connectivity index (χ1) is 6.15. The van der Waals surface area contributed by atoms with Crippen LogP contribution in [0.15, 0.2) is 0 Å². The van der Waals surface area contributed by atoms with Crippen LogP contribution in [-0.4, -0.2) is 49.7 Å². The third-order valence-corrected chi connectivity index (χ3v) is 1.85. The van der Waals surface area contributed by atoms with Crippen molar-refractivity contribution >= 4 is 11.9 Å². The molecule has 1 fully saturated rings. The third kappa shape index (κ3) is 2.32. The Labute approximate surface area is 76.1 Å². The second kappa shape index (κ2) is 4.08. The number of nitrogens with zero attached hydrogens (tertiary/aromatic N) is 1. The van der Waals surface area contributed by atoms with Gasteiger partial charge in [0.15, 0.2) is 0 Å². The van der Waals surface area contributed by atoms with E-state index in [1.165, 1.54) is 12.0 Å². The SMILES string of the molecule is COC(=O)N1CCOC(C(=N)N)C1. The van der Waals surface area contributed by atoms with Gasteiger partial charge >= 0.3 is 6.09 Å². The van der Waals surface area contributed by atoms with Crippen molar-refractivity contribution in [3.63, 3.8) is 0 Å². The fraction of sp³-hybridized carbons (Fsp3) is 0.714. The molecule has 1 unspecified atom stereocenters. The summed E-state index contributed by atoms with van der Waals surface area (Å²) in [6, 6.07) is 0. The summed E-state index contributed by atoms with van der Waals surface area (Å²) >= 11 is 0. The smallest absolute Gasteiger partial charge is 0.409 e. The quantitative estimate of drug-likeness (QED) is 0.423. The van der Waals surface area contributed by atoms with Gasteiger partial charge in [0.05, 0.1) is 20.3 Å². The summed E-state index contributed by atoms with van der Waals surface area (Å²) < 4.78 is 9.70. The van der Waals surface area contributed by atoms with Crippen LogP contribution in [-0.2, 0) is 9.47 Å². The van der Waals surface area contributed by atoms with Gasteiger partial charge in [0.1, 0.15) is 11.9 Å². The van der Waals surface area contributed by atoms with Crippen molar-refractivity contribution in [3.8, 4) is 0 Å². The molecule has 0 saturated carbocycles. The third-order valence-electron chi connectivity index (χ3n) is 1.85. The van der Waals surface area contributed by atoms with Crippen molar-refractivity contribution < 1.29 is 14.3 Å². The van der Waals surface area contributed by atoms with Gasteiger partial charge in [-0.25, -0.2) is 4.79 Å². The van der Waals surface area contributed by atoms with E-state index in [1.807, 2.05) is 0 Å². The van der Waals surface area contributed by atoms with Gasteiger partial charge in [0.25, 0.3) is 0 Å². The zero-order valence-corrected chi connectivity index (χ0v) is 7.45. The molecule has 1 atom stereocenters. The number of hydrogen-bond acceptors (Lipinski definition) is 4. The van der Waals surface area contributed by atoms with Crippen molar-refractivity contribution in [2.24, 2.45) is 5.73 Å². The average molecular weight is 187 g/mol. The molecule has 0 radical (unpaired) electrons. The van der Waals surface area contributed by atoms with E-state index in [4.69, 9.17) is 15.9 Å². The molecule has 1 amide bonds. The van der Waals surface area contributed by atoms with E-state index < -0.39 is 12.2 Å². The molecule has 0 bridgehead atoms. The van der Waals surface area contributed by atoms with Gasteiger partial charge < -0.3 is 20.1 Å². The number of ether oxygens (including phenoxy) is 2. The van der Waals surface area contributed by atoms with Crippen LogP contribution in [0.1, 0.15) is 0 Å². The topological polar surface area (TPSA) is 88.6 Å². The Hall–Kier alpha value is -1.30. The molecule has 0 aromatic carbocycles. The molecular weight excluding hydrogens is 174 g/mol. The second-order valence-corrected chi connectivity index (χ2v) is 2.73. The Morgan fingerprint density at radius 1 is 1.77 bits per heavy atom. The molecule has 3 N–H and O–H groups in total. The number of hydrogen-bond donors (Lipinski definition) is 2. The van der Waals surface area contributed by atoms with E-state index in [2.05, 4.69) is 4.74 Å². The van der Waals surface area contributed by atoms with Crippen molar-refractivity contribution in [1.29, 1.82) is 5.41 Å². The van der Waals surface area contributed by atoms with Crippen LogP contribution in [0.5, 0.6) is 0 Å². The van der Waals surface area contributed by atoms with Crippen LogP contribution < -0.4 is 5.73 Å². The van der Waals surface area contributed by atoms with Crippen LogP contribution in [0.3, 0.4) is 0 Å². The Morgan fingerprint density at radius 3 is 3.00 bits per heavy atom. The van der Waals surface area contributed by atoms with Crippen LogP contribution >= 0.6 is 0 Å². The molecule has 1 rings (SSSR count). The van der Waals surface area contributed by atoms with Crippen LogP contribution in [0.2, 0.25) is 0 Å². The van der Waals surface area contributed by atoms with Gasteiger partial charge in [-0.05, 0) is 0 Å². The maximum atomic E-state index is 11.1. The lowest BCUT2D eigenvalue weighted by Gasteiger charge is -2.30. The minimum Gasteiger partial charge on any atom is -0.453 e. The predicted molar refractivity (Wildman–Crippen MR) is 45.6 cm³/mol. The summed E-state index contributed by atoms with van der Waals surface area (Å²) in [4.78, 5) is 12.5. The van der Waals surface area contributed by atoms with Gasteiger partial charge in [-0.1, -0.05) is 0 Å². The number of morpholine rings is 1. The maximum Gasteiger partial charge on any atom is 0.409 e. The molecule has 1 saturated heterocycles. The van der Waals surface area contributed by atoms with E-state index in [9.17, 15) is 4.79 Å². The van der Waals surface area contributed by atoms with Crippen LogP contribution in [0.25, 0.3) is 0 Å². The molecule has 13 heavy (non-hydrogen) atoms. The highest BCUT2D eigenvalue weighted by Crippen LogP contribution is 2.05. The molecule has 6 heteroatoms. The van der Waals surface area contributed by atoms with Gasteiger partial charge in [-0.3, -0.25) is 5.41 Å². The molecule has 1 aliphatic rings. The lowest BCUT2D eigenvalue weighted by molar-refractivity contribution is 0.00649. The fourth-order valence-electron chi connectivity index (χ4n) is 1.13. The van der Waals surface area contributed by atoms with Crippen molar-refractivity contribution in [2.45, 2.75) is 6.10 Å². The normalized spacial score (nSPS) is 22.5. The number of nitrogens with two attached hydrogens (primary N) is 1. The Morgan fingerprint density at radius 2 is 2.46 bits per heavy atom. The van der Waals surface area contributed by atoms with Gasteiger partial charge in [-0.2, -0.15) is 0 Å². The second-order valence-electron chi connectivity index (χ2n) is 2.73. The van der Waals surface area contributed by atoms with E-state index in [0.29, 0.717) is 19.7 Å². The number of amidine groups is 1. The highest BCUT2D eigenvalue weighted by molar-refractivity contribution is 5.82. The first-order valence-electron chi connectivity index (χ1n) is 3.93. The van der Waals surface area contributed by atoms with Gasteiger partial charge in [0.2, 0.25) is 0 Å². The fourth-order valence-corrected chi connectivity index (χ4v) is 1.13. The first kappa shape index (κ1) is 9.79. The zero-order valence-electron chi connectivity index (χ0n) is 7.45. The molecule has 1 heterocycles. The monoisotopic (exact) mass is 187 g/mol. The van der Waals surface area contributed by atoms with E-state index >= 15 is 0 Å². The summed E-state index contributed by atoms with van der Waals surface area (Å²) in [5.41, 5.74) is 5.25. The number of carbonyl (C=O) groups excluding carboxylic acids is 1. The summed E-state index contributed by atoms with van der Waals surface area (Å²) in [5, 5.41) is 7.15. The molecule has 0 aromatic heterocycles. The largest absolute Gasteiger partial charge is 0.453 e. The van der Waals surface area contributed by atoms with E-state index in [1.54, 1.807) is 0 Å². The minimum absolute atomic E-state index is 0.0615. The molecule has 74 valence electrons. The molecule has 6 nitrogen and oxygen atoms in total. The van der Waals surface area contributed by atoms with Crippen LogP contribution in [0, 0.1) is 5.41 Å². The summed E-state index contributed by atoms with van der Waals surface area (Å²) in [6.45, 7) is 1.16. The van der Waals surface area contributed by atoms with Gasteiger partial charge in [-0.15, -0.1) is 0 Å². The number of amides is 1. The highest BCUT2D eigenvalue weighted by Gasteiger charge is 2.26. The number of carbonyl (C=O) groups is 1. The molecule has 0 aromatic rings. The Balaban J connectivity index is 2.51. The minimum atomic E-state index is -0.493. The summed E-state index contributed by atoms with van der Waals surface area (Å²) in [6.07, 6.45) is -0.901. The lowest BCUT2D eigenvalue weighted by Crippen LogP contribution is -2.50. The molecule has 0 spiro atoms. The first-order valence-corrected chi connectivity index (χ1v) is 3.93.